The standard InChI is InChI=1S/C53H99NO5/c1-4-7-10-13-16-19-22-24-25-26-27-29-31-34-37-40-43-46-53(58)59-49(44-41-38-35-32-30-28-23-20-17-14-11-8-5-2)47-52(57)54-50(48-55)51(56)45-42-39-36-33-21-18-15-12-9-6-3/h8,11,14,17,20,23,49-51,55-56H,4-7,9-10,12-13,15-16,18-19,21-22,24-48H2,1-3H3,(H,54,57)/b11-8+,17-14+,23-20+. The van der Waals surface area contributed by atoms with E-state index in [1.54, 1.807) is 0 Å². The first-order chi connectivity index (χ1) is 29.0. The molecule has 3 N–H and O–H groups in total. The minimum absolute atomic E-state index is 0.0675. The van der Waals surface area contributed by atoms with E-state index in [1.165, 1.54) is 135 Å². The molecule has 0 aliphatic heterocycles. The van der Waals surface area contributed by atoms with E-state index in [0.717, 1.165) is 83.5 Å². The van der Waals surface area contributed by atoms with E-state index >= 15 is 0 Å². The van der Waals surface area contributed by atoms with Crippen LogP contribution in [0.15, 0.2) is 36.5 Å². The number of aliphatic hydroxyl groups excluding tert-OH is 2. The van der Waals surface area contributed by atoms with Gasteiger partial charge in [-0.2, -0.15) is 0 Å². The van der Waals surface area contributed by atoms with Crippen LogP contribution in [0.1, 0.15) is 265 Å². The van der Waals surface area contributed by atoms with Crippen LogP contribution >= 0.6 is 0 Å². The Hall–Kier alpha value is -1.92. The highest BCUT2D eigenvalue weighted by atomic mass is 16.5. The van der Waals surface area contributed by atoms with Crippen molar-refractivity contribution in [2.45, 2.75) is 283 Å². The van der Waals surface area contributed by atoms with Crippen molar-refractivity contribution >= 4 is 11.9 Å². The first-order valence-electron chi connectivity index (χ1n) is 25.7. The van der Waals surface area contributed by atoms with Gasteiger partial charge in [0.25, 0.3) is 0 Å². The third kappa shape index (κ3) is 42.6. The van der Waals surface area contributed by atoms with Gasteiger partial charge in [0, 0.05) is 6.42 Å². The van der Waals surface area contributed by atoms with Gasteiger partial charge in [0.2, 0.25) is 5.91 Å². The zero-order chi connectivity index (χ0) is 43.1. The number of ether oxygens (including phenoxy) is 1. The molecule has 0 aliphatic carbocycles. The Balaban J connectivity index is 4.54. The van der Waals surface area contributed by atoms with Gasteiger partial charge in [-0.3, -0.25) is 9.59 Å². The van der Waals surface area contributed by atoms with Crippen LogP contribution in [-0.4, -0.2) is 46.9 Å². The SMILES string of the molecule is CC/C=C/C=C/C=C/CCCCCCCC(CC(=O)NC(CO)C(O)CCCCCCCCCCCC)OC(=O)CCCCCCCCCCCCCCCCCCC. The summed E-state index contributed by atoms with van der Waals surface area (Å²) < 4.78 is 5.93. The van der Waals surface area contributed by atoms with E-state index in [9.17, 15) is 19.8 Å². The summed E-state index contributed by atoms with van der Waals surface area (Å²) in [5.41, 5.74) is 0. The van der Waals surface area contributed by atoms with Crippen LogP contribution in [0.25, 0.3) is 0 Å². The van der Waals surface area contributed by atoms with Crippen molar-refractivity contribution in [3.63, 3.8) is 0 Å². The lowest BCUT2D eigenvalue weighted by Gasteiger charge is -2.24. The molecule has 3 atom stereocenters. The van der Waals surface area contributed by atoms with Crippen LogP contribution in [-0.2, 0) is 14.3 Å². The molecule has 6 nitrogen and oxygen atoms in total. The summed E-state index contributed by atoms with van der Waals surface area (Å²) in [7, 11) is 0. The van der Waals surface area contributed by atoms with Gasteiger partial charge in [-0.15, -0.1) is 0 Å². The van der Waals surface area contributed by atoms with E-state index in [0.29, 0.717) is 19.3 Å². The second-order valence-corrected chi connectivity index (χ2v) is 17.6. The topological polar surface area (TPSA) is 95.9 Å². The molecule has 0 fully saturated rings. The summed E-state index contributed by atoms with van der Waals surface area (Å²) >= 11 is 0. The number of rotatable bonds is 46. The maximum Gasteiger partial charge on any atom is 0.306 e. The van der Waals surface area contributed by atoms with E-state index in [-0.39, 0.29) is 24.9 Å². The Morgan fingerprint density at radius 2 is 0.915 bits per heavy atom. The largest absolute Gasteiger partial charge is 0.462 e. The average molecular weight is 830 g/mol. The Kier molecular flexibility index (Phi) is 45.6. The molecule has 0 aromatic heterocycles. The molecule has 1 amide bonds. The van der Waals surface area contributed by atoms with Crippen molar-refractivity contribution in [1.82, 2.24) is 5.32 Å². The van der Waals surface area contributed by atoms with Crippen LogP contribution < -0.4 is 5.32 Å². The van der Waals surface area contributed by atoms with Gasteiger partial charge in [0.1, 0.15) is 6.10 Å². The fourth-order valence-electron chi connectivity index (χ4n) is 7.90. The molecule has 0 saturated carbocycles. The highest BCUT2D eigenvalue weighted by molar-refractivity contribution is 5.77. The van der Waals surface area contributed by atoms with Gasteiger partial charge < -0.3 is 20.3 Å². The van der Waals surface area contributed by atoms with Crippen molar-refractivity contribution in [2.24, 2.45) is 0 Å². The normalized spacial score (nSPS) is 13.5. The molecule has 6 heteroatoms. The third-order valence-electron chi connectivity index (χ3n) is 11.8. The van der Waals surface area contributed by atoms with Crippen molar-refractivity contribution in [1.29, 1.82) is 0 Å². The lowest BCUT2D eigenvalue weighted by molar-refractivity contribution is -0.151. The van der Waals surface area contributed by atoms with Crippen LogP contribution in [0.2, 0.25) is 0 Å². The van der Waals surface area contributed by atoms with Gasteiger partial charge in [0.05, 0.1) is 25.2 Å². The van der Waals surface area contributed by atoms with E-state index in [4.69, 9.17) is 4.74 Å². The Bertz CT molecular complexity index is 977. The minimum Gasteiger partial charge on any atom is -0.462 e. The number of hydrogen-bond donors (Lipinski definition) is 3. The van der Waals surface area contributed by atoms with E-state index < -0.39 is 18.2 Å². The Morgan fingerprint density at radius 3 is 1.37 bits per heavy atom. The maximum atomic E-state index is 13.2. The Labute approximate surface area is 366 Å². The molecule has 59 heavy (non-hydrogen) atoms. The fraction of sp³-hybridized carbons (Fsp3) is 0.849. The summed E-state index contributed by atoms with van der Waals surface area (Å²) in [5.74, 6) is -0.484. The average Bonchev–Trinajstić information content (AvgIpc) is 3.23. The molecule has 0 heterocycles. The lowest BCUT2D eigenvalue weighted by atomic mass is 10.0. The van der Waals surface area contributed by atoms with Crippen LogP contribution in [0.5, 0.6) is 0 Å². The van der Waals surface area contributed by atoms with Gasteiger partial charge >= 0.3 is 5.97 Å². The molecule has 0 aliphatic rings. The van der Waals surface area contributed by atoms with Crippen LogP contribution in [0.4, 0.5) is 0 Å². The number of aliphatic hydroxyl groups is 2. The summed E-state index contributed by atoms with van der Waals surface area (Å²) in [6.07, 6.45) is 54.9. The minimum atomic E-state index is -0.789. The molecule has 0 bridgehead atoms. The molecular weight excluding hydrogens is 731 g/mol. The molecule has 0 radical (unpaired) electrons. The van der Waals surface area contributed by atoms with Crippen LogP contribution in [0, 0.1) is 0 Å². The number of carbonyl (C=O) groups excluding carboxylic acids is 2. The molecule has 0 rings (SSSR count). The summed E-state index contributed by atoms with van der Waals surface area (Å²) in [4.78, 5) is 26.1. The van der Waals surface area contributed by atoms with Gasteiger partial charge in [0.15, 0.2) is 0 Å². The molecular formula is C53H99NO5. The quantitative estimate of drug-likeness (QED) is 0.0323. The predicted octanol–water partition coefficient (Wildman–Crippen LogP) is 15.3. The Morgan fingerprint density at radius 1 is 0.508 bits per heavy atom. The van der Waals surface area contributed by atoms with Crippen LogP contribution in [0.3, 0.4) is 0 Å². The van der Waals surface area contributed by atoms with Gasteiger partial charge in [-0.05, 0) is 44.9 Å². The van der Waals surface area contributed by atoms with Gasteiger partial charge in [-0.1, -0.05) is 243 Å². The second kappa shape index (κ2) is 47.1. The molecule has 0 spiro atoms. The number of amides is 1. The zero-order valence-electron chi connectivity index (χ0n) is 39.4. The summed E-state index contributed by atoms with van der Waals surface area (Å²) in [6.45, 7) is 6.35. The summed E-state index contributed by atoms with van der Waals surface area (Å²) in [6, 6.07) is -0.704. The number of esters is 1. The molecule has 3 unspecified atom stereocenters. The molecule has 346 valence electrons. The van der Waals surface area contributed by atoms with Crippen molar-refractivity contribution in [3.05, 3.63) is 36.5 Å². The number of allylic oxidation sites excluding steroid dienone is 6. The number of carbonyl (C=O) groups is 2. The molecule has 0 aromatic rings. The summed E-state index contributed by atoms with van der Waals surface area (Å²) in [5, 5.41) is 23.7. The fourth-order valence-corrected chi connectivity index (χ4v) is 7.90. The highest BCUT2D eigenvalue weighted by Crippen LogP contribution is 2.18. The number of hydrogen-bond acceptors (Lipinski definition) is 5. The first kappa shape index (κ1) is 57.1. The smallest absolute Gasteiger partial charge is 0.306 e. The van der Waals surface area contributed by atoms with Crippen molar-refractivity contribution in [3.8, 4) is 0 Å². The second-order valence-electron chi connectivity index (χ2n) is 17.6. The maximum absolute atomic E-state index is 13.2. The van der Waals surface area contributed by atoms with E-state index in [1.807, 2.05) is 0 Å². The van der Waals surface area contributed by atoms with E-state index in [2.05, 4.69) is 62.5 Å². The lowest BCUT2D eigenvalue weighted by Crippen LogP contribution is -2.46. The van der Waals surface area contributed by atoms with Gasteiger partial charge in [-0.25, -0.2) is 0 Å². The molecule has 0 saturated heterocycles. The number of unbranched alkanes of at least 4 members (excludes halogenated alkanes) is 30. The highest BCUT2D eigenvalue weighted by Gasteiger charge is 2.24. The zero-order valence-corrected chi connectivity index (χ0v) is 39.4. The third-order valence-corrected chi connectivity index (χ3v) is 11.8. The number of nitrogens with one attached hydrogen (secondary N) is 1. The van der Waals surface area contributed by atoms with Crippen molar-refractivity contribution < 1.29 is 24.5 Å². The first-order valence-corrected chi connectivity index (χ1v) is 25.7. The monoisotopic (exact) mass is 830 g/mol. The van der Waals surface area contributed by atoms with Crippen molar-refractivity contribution in [2.75, 3.05) is 6.61 Å². The molecule has 0 aromatic carbocycles. The predicted molar refractivity (Wildman–Crippen MR) is 255 cm³/mol.